The Morgan fingerprint density at radius 3 is 2.70 bits per heavy atom. The summed E-state index contributed by atoms with van der Waals surface area (Å²) in [4.78, 5) is 23.1. The van der Waals surface area contributed by atoms with Crippen LogP contribution in [0.3, 0.4) is 0 Å². The zero-order valence-electron chi connectivity index (χ0n) is 15.2. The van der Waals surface area contributed by atoms with E-state index < -0.39 is 0 Å². The van der Waals surface area contributed by atoms with Gasteiger partial charge >= 0.3 is 0 Å². The average molecular weight is 367 g/mol. The number of benzene rings is 2. The van der Waals surface area contributed by atoms with Crippen molar-refractivity contribution in [2.75, 3.05) is 13.2 Å². The van der Waals surface area contributed by atoms with Crippen LogP contribution in [-0.2, 0) is 4.79 Å². The smallest absolute Gasteiger partial charge is 0.258 e. The summed E-state index contributed by atoms with van der Waals surface area (Å²) in [6, 6.07) is 14.1. The van der Waals surface area contributed by atoms with Crippen molar-refractivity contribution < 1.29 is 23.5 Å². The van der Waals surface area contributed by atoms with E-state index in [2.05, 4.69) is 5.32 Å². The van der Waals surface area contributed by atoms with Gasteiger partial charge in [-0.3, -0.25) is 9.59 Å². The molecule has 6 heteroatoms. The Labute approximate surface area is 157 Å². The summed E-state index contributed by atoms with van der Waals surface area (Å²) >= 11 is 0. The van der Waals surface area contributed by atoms with Crippen LogP contribution in [0.2, 0.25) is 0 Å². The first kappa shape index (κ1) is 18.5. The topological polar surface area (TPSA) is 77.8 Å². The van der Waals surface area contributed by atoms with Gasteiger partial charge in [0.2, 0.25) is 0 Å². The van der Waals surface area contributed by atoms with E-state index >= 15 is 0 Å². The maximum Gasteiger partial charge on any atom is 0.258 e. The minimum absolute atomic E-state index is 0.176. The highest BCUT2D eigenvalue weighted by Crippen LogP contribution is 2.28. The molecule has 3 rings (SSSR count). The molecule has 0 radical (unpaired) electrons. The normalized spacial score (nSPS) is 11.8. The van der Waals surface area contributed by atoms with E-state index in [4.69, 9.17) is 13.9 Å². The minimum atomic E-state index is -0.294. The molecule has 6 nitrogen and oxygen atoms in total. The van der Waals surface area contributed by atoms with Crippen LogP contribution in [0, 0.1) is 0 Å². The van der Waals surface area contributed by atoms with Crippen molar-refractivity contribution in [1.82, 2.24) is 5.32 Å². The number of para-hydroxylation sites is 1. The van der Waals surface area contributed by atoms with E-state index in [0.717, 1.165) is 17.3 Å². The van der Waals surface area contributed by atoms with Crippen molar-refractivity contribution in [3.8, 4) is 11.5 Å². The molecule has 0 bridgehead atoms. The summed E-state index contributed by atoms with van der Waals surface area (Å²) in [6.07, 6.45) is 0.730. The molecule has 1 aromatic heterocycles. The summed E-state index contributed by atoms with van der Waals surface area (Å²) < 4.78 is 16.8. The molecule has 0 saturated heterocycles. The number of rotatable bonds is 8. The maximum absolute atomic E-state index is 12.2. The number of amides is 1. The van der Waals surface area contributed by atoms with Gasteiger partial charge in [-0.2, -0.15) is 0 Å². The summed E-state index contributed by atoms with van der Waals surface area (Å²) in [7, 11) is 0. The Bertz CT molecular complexity index is 914. The molecule has 0 aliphatic rings. The van der Waals surface area contributed by atoms with Crippen molar-refractivity contribution >= 4 is 23.2 Å². The number of furan rings is 1. The third kappa shape index (κ3) is 4.47. The monoisotopic (exact) mass is 367 g/mol. The molecule has 1 N–H and O–H groups in total. The van der Waals surface area contributed by atoms with Crippen molar-refractivity contribution in [1.29, 1.82) is 0 Å². The molecule has 1 atom stereocenters. The number of ether oxygens (including phenoxy) is 2. The van der Waals surface area contributed by atoms with Crippen LogP contribution >= 0.6 is 0 Å². The van der Waals surface area contributed by atoms with Gasteiger partial charge in [-0.25, -0.2) is 0 Å². The van der Waals surface area contributed by atoms with Crippen LogP contribution in [0.1, 0.15) is 36.0 Å². The second-order valence-electron chi connectivity index (χ2n) is 6.02. The summed E-state index contributed by atoms with van der Waals surface area (Å²) in [5.41, 5.74) is 1.26. The standard InChI is InChI=1S/C21H21NO5/c1-3-25-20-10-15(12-23)8-9-18(20)26-13-21(24)22-14(2)19-11-16-6-4-5-7-17(16)27-19/h4-12,14H,3,13H2,1-2H3,(H,22,24)/t14-/m0/s1. The summed E-state index contributed by atoms with van der Waals surface area (Å²) in [6.45, 7) is 3.93. The van der Waals surface area contributed by atoms with E-state index in [1.165, 1.54) is 0 Å². The summed E-state index contributed by atoms with van der Waals surface area (Å²) in [5.74, 6) is 1.23. The predicted molar refractivity (Wildman–Crippen MR) is 101 cm³/mol. The quantitative estimate of drug-likeness (QED) is 0.611. The Morgan fingerprint density at radius 1 is 1.15 bits per heavy atom. The van der Waals surface area contributed by atoms with Gasteiger partial charge in [0.05, 0.1) is 12.6 Å². The molecule has 0 saturated carbocycles. The number of fused-ring (bicyclic) bond motifs is 1. The van der Waals surface area contributed by atoms with Crippen molar-refractivity contribution in [3.05, 3.63) is 59.9 Å². The van der Waals surface area contributed by atoms with Crippen LogP contribution < -0.4 is 14.8 Å². The molecule has 0 aliphatic heterocycles. The first-order valence-corrected chi connectivity index (χ1v) is 8.73. The van der Waals surface area contributed by atoms with Gasteiger partial charge in [-0.05, 0) is 44.2 Å². The highest BCUT2D eigenvalue weighted by molar-refractivity contribution is 5.80. The van der Waals surface area contributed by atoms with Crippen LogP contribution in [0.25, 0.3) is 11.0 Å². The summed E-state index contributed by atoms with van der Waals surface area (Å²) in [5, 5.41) is 3.83. The maximum atomic E-state index is 12.2. The van der Waals surface area contributed by atoms with Crippen molar-refractivity contribution in [2.24, 2.45) is 0 Å². The number of aldehydes is 1. The molecule has 27 heavy (non-hydrogen) atoms. The first-order chi connectivity index (χ1) is 13.1. The van der Waals surface area contributed by atoms with E-state index in [0.29, 0.717) is 29.4 Å². The Hall–Kier alpha value is -3.28. The van der Waals surface area contributed by atoms with Crippen LogP contribution in [-0.4, -0.2) is 25.4 Å². The molecule has 0 fully saturated rings. The van der Waals surface area contributed by atoms with Crippen molar-refractivity contribution in [3.63, 3.8) is 0 Å². The lowest BCUT2D eigenvalue weighted by molar-refractivity contribution is -0.123. The Balaban J connectivity index is 1.61. The third-order valence-corrected chi connectivity index (χ3v) is 4.01. The van der Waals surface area contributed by atoms with E-state index in [-0.39, 0.29) is 18.6 Å². The van der Waals surface area contributed by atoms with E-state index in [9.17, 15) is 9.59 Å². The average Bonchev–Trinajstić information content (AvgIpc) is 3.11. The molecule has 2 aromatic carbocycles. The highest BCUT2D eigenvalue weighted by Gasteiger charge is 2.15. The number of nitrogens with one attached hydrogen (secondary N) is 1. The van der Waals surface area contributed by atoms with Crippen LogP contribution in [0.4, 0.5) is 0 Å². The first-order valence-electron chi connectivity index (χ1n) is 8.73. The fraction of sp³-hybridized carbons (Fsp3) is 0.238. The SMILES string of the molecule is CCOc1cc(C=O)ccc1OCC(=O)N[C@@H](C)c1cc2ccccc2o1. The van der Waals surface area contributed by atoms with Gasteiger partial charge in [0.1, 0.15) is 17.6 Å². The van der Waals surface area contributed by atoms with Gasteiger partial charge in [0.15, 0.2) is 18.1 Å². The Kier molecular flexibility index (Phi) is 5.76. The molecule has 0 unspecified atom stereocenters. The van der Waals surface area contributed by atoms with Crippen molar-refractivity contribution in [2.45, 2.75) is 19.9 Å². The van der Waals surface area contributed by atoms with Gasteiger partial charge in [0.25, 0.3) is 5.91 Å². The van der Waals surface area contributed by atoms with Gasteiger partial charge in [-0.15, -0.1) is 0 Å². The Morgan fingerprint density at radius 2 is 1.96 bits per heavy atom. The second kappa shape index (κ2) is 8.40. The van der Waals surface area contributed by atoms with Crippen LogP contribution in [0.15, 0.2) is 52.9 Å². The number of carbonyl (C=O) groups is 2. The van der Waals surface area contributed by atoms with Gasteiger partial charge in [0, 0.05) is 10.9 Å². The zero-order chi connectivity index (χ0) is 19.2. The number of hydrogen-bond donors (Lipinski definition) is 1. The highest BCUT2D eigenvalue weighted by atomic mass is 16.5. The van der Waals surface area contributed by atoms with Gasteiger partial charge in [-0.1, -0.05) is 18.2 Å². The second-order valence-corrected chi connectivity index (χ2v) is 6.02. The van der Waals surface area contributed by atoms with E-state index in [1.54, 1.807) is 18.2 Å². The fourth-order valence-corrected chi connectivity index (χ4v) is 2.70. The lowest BCUT2D eigenvalue weighted by atomic mass is 10.2. The molecular weight excluding hydrogens is 346 g/mol. The molecule has 0 aliphatic carbocycles. The minimum Gasteiger partial charge on any atom is -0.490 e. The van der Waals surface area contributed by atoms with Crippen LogP contribution in [0.5, 0.6) is 11.5 Å². The third-order valence-electron chi connectivity index (χ3n) is 4.01. The molecule has 1 heterocycles. The van der Waals surface area contributed by atoms with E-state index in [1.807, 2.05) is 44.2 Å². The largest absolute Gasteiger partial charge is 0.490 e. The molecule has 1 amide bonds. The zero-order valence-corrected chi connectivity index (χ0v) is 15.2. The lowest BCUT2D eigenvalue weighted by Crippen LogP contribution is -2.31. The molecular formula is C21H21NO5. The molecule has 140 valence electrons. The number of carbonyl (C=O) groups excluding carboxylic acids is 2. The molecule has 0 spiro atoms. The molecule has 3 aromatic rings. The predicted octanol–water partition coefficient (Wildman–Crippen LogP) is 3.90. The fourth-order valence-electron chi connectivity index (χ4n) is 2.70. The number of hydrogen-bond acceptors (Lipinski definition) is 5. The van der Waals surface area contributed by atoms with Gasteiger partial charge < -0.3 is 19.2 Å². The lowest BCUT2D eigenvalue weighted by Gasteiger charge is -2.14.